The molecule has 0 radical (unpaired) electrons. The smallest absolute Gasteiger partial charge is 0.244 e. The Morgan fingerprint density at radius 3 is 2.68 bits per heavy atom. The van der Waals surface area contributed by atoms with Gasteiger partial charge >= 0.3 is 0 Å². The maximum absolute atomic E-state index is 12.1. The van der Waals surface area contributed by atoms with Gasteiger partial charge in [-0.05, 0) is 35.0 Å². The Morgan fingerprint density at radius 1 is 1.42 bits per heavy atom. The van der Waals surface area contributed by atoms with E-state index in [4.69, 9.17) is 15.2 Å². The molecule has 108 valence electrons. The van der Waals surface area contributed by atoms with Gasteiger partial charge in [0.2, 0.25) is 10.0 Å². The lowest BCUT2D eigenvalue weighted by Gasteiger charge is -2.12. The van der Waals surface area contributed by atoms with Gasteiger partial charge in [-0.1, -0.05) is 0 Å². The second-order valence-corrected chi connectivity index (χ2v) is 6.21. The van der Waals surface area contributed by atoms with Crippen LogP contribution in [0.5, 0.6) is 5.75 Å². The zero-order valence-corrected chi connectivity index (χ0v) is 13.2. The van der Waals surface area contributed by atoms with Crippen LogP contribution in [-0.2, 0) is 14.8 Å². The van der Waals surface area contributed by atoms with Gasteiger partial charge in [0.05, 0.1) is 13.7 Å². The number of methoxy groups -OCH3 is 1. The standard InChI is InChI=1S/C11H17BrN2O4S/c1-3-18-5-4-14-19(15,16)11-7-9(13)8(12)6-10(11)17-2/h6-7,14H,3-5,13H2,1-2H3. The van der Waals surface area contributed by atoms with E-state index in [9.17, 15) is 8.42 Å². The summed E-state index contributed by atoms with van der Waals surface area (Å²) in [7, 11) is -2.28. The maximum atomic E-state index is 12.1. The molecule has 8 heteroatoms. The summed E-state index contributed by atoms with van der Waals surface area (Å²) < 4.78 is 37.4. The number of hydrogen-bond acceptors (Lipinski definition) is 5. The molecule has 0 fully saturated rings. The third-order valence-corrected chi connectivity index (χ3v) is 4.48. The molecular formula is C11H17BrN2O4S. The number of nitrogen functional groups attached to an aromatic ring is 1. The number of nitrogens with two attached hydrogens (primary N) is 1. The molecule has 0 aliphatic carbocycles. The van der Waals surface area contributed by atoms with Crippen molar-refractivity contribution in [3.63, 3.8) is 0 Å². The van der Waals surface area contributed by atoms with E-state index in [0.717, 1.165) is 0 Å². The molecule has 0 saturated carbocycles. The minimum Gasteiger partial charge on any atom is -0.495 e. The second-order valence-electron chi connectivity index (χ2n) is 3.62. The van der Waals surface area contributed by atoms with Gasteiger partial charge in [-0.2, -0.15) is 0 Å². The number of anilines is 1. The highest BCUT2D eigenvalue weighted by atomic mass is 79.9. The summed E-state index contributed by atoms with van der Waals surface area (Å²) in [6.07, 6.45) is 0. The van der Waals surface area contributed by atoms with Gasteiger partial charge < -0.3 is 15.2 Å². The van der Waals surface area contributed by atoms with E-state index >= 15 is 0 Å². The van der Waals surface area contributed by atoms with Crippen LogP contribution in [0.25, 0.3) is 0 Å². The minimum absolute atomic E-state index is 0.00667. The van der Waals surface area contributed by atoms with Crippen LogP contribution in [0, 0.1) is 0 Å². The first-order valence-corrected chi connectivity index (χ1v) is 7.90. The first-order chi connectivity index (χ1) is 8.92. The van der Waals surface area contributed by atoms with E-state index in [1.54, 1.807) is 0 Å². The summed E-state index contributed by atoms with van der Waals surface area (Å²) >= 11 is 3.22. The highest BCUT2D eigenvalue weighted by Crippen LogP contribution is 2.32. The average Bonchev–Trinajstić information content (AvgIpc) is 2.37. The van der Waals surface area contributed by atoms with Crippen molar-refractivity contribution >= 4 is 31.6 Å². The molecule has 3 N–H and O–H groups in total. The number of ether oxygens (including phenoxy) is 2. The Labute approximate surface area is 121 Å². The summed E-state index contributed by atoms with van der Waals surface area (Å²) in [5.74, 6) is 0.227. The molecule has 0 amide bonds. The first kappa shape index (κ1) is 16.2. The molecule has 0 heterocycles. The molecular weight excluding hydrogens is 336 g/mol. The molecule has 0 bridgehead atoms. The van der Waals surface area contributed by atoms with Crippen molar-refractivity contribution in [2.24, 2.45) is 0 Å². The predicted molar refractivity (Wildman–Crippen MR) is 76.8 cm³/mol. The largest absolute Gasteiger partial charge is 0.495 e. The lowest BCUT2D eigenvalue weighted by molar-refractivity contribution is 0.153. The molecule has 19 heavy (non-hydrogen) atoms. The van der Waals surface area contributed by atoms with E-state index in [-0.39, 0.29) is 17.2 Å². The molecule has 0 spiro atoms. The van der Waals surface area contributed by atoms with Gasteiger partial charge in [0.15, 0.2) is 0 Å². The van der Waals surface area contributed by atoms with Gasteiger partial charge in [-0.15, -0.1) is 0 Å². The van der Waals surface area contributed by atoms with Crippen molar-refractivity contribution in [2.45, 2.75) is 11.8 Å². The lowest BCUT2D eigenvalue weighted by atomic mass is 10.3. The van der Waals surface area contributed by atoms with Gasteiger partial charge in [-0.25, -0.2) is 13.1 Å². The summed E-state index contributed by atoms with van der Waals surface area (Å²) in [5, 5.41) is 0. The number of sulfonamides is 1. The fraction of sp³-hybridized carbons (Fsp3) is 0.455. The van der Waals surface area contributed by atoms with Crippen molar-refractivity contribution in [3.8, 4) is 5.75 Å². The Balaban J connectivity index is 2.97. The molecule has 0 saturated heterocycles. The average molecular weight is 353 g/mol. The van der Waals surface area contributed by atoms with E-state index in [2.05, 4.69) is 20.7 Å². The Kier molecular flexibility index (Phi) is 6.05. The molecule has 6 nitrogen and oxygen atoms in total. The number of benzene rings is 1. The molecule has 0 aliphatic rings. The van der Waals surface area contributed by atoms with Crippen molar-refractivity contribution in [2.75, 3.05) is 32.6 Å². The normalized spacial score (nSPS) is 11.5. The summed E-state index contributed by atoms with van der Waals surface area (Å²) in [6, 6.07) is 2.87. The van der Waals surface area contributed by atoms with E-state index < -0.39 is 10.0 Å². The van der Waals surface area contributed by atoms with Gasteiger partial charge in [0.1, 0.15) is 10.6 Å². The molecule has 1 aromatic rings. The number of rotatable bonds is 7. The van der Waals surface area contributed by atoms with Crippen LogP contribution in [0.15, 0.2) is 21.5 Å². The van der Waals surface area contributed by atoms with E-state index in [1.807, 2.05) is 6.92 Å². The van der Waals surface area contributed by atoms with Crippen LogP contribution in [0.2, 0.25) is 0 Å². The fourth-order valence-corrected chi connectivity index (χ4v) is 2.91. The SMILES string of the molecule is CCOCCNS(=O)(=O)c1cc(N)c(Br)cc1OC. The Morgan fingerprint density at radius 2 is 2.11 bits per heavy atom. The molecule has 0 aromatic heterocycles. The number of halogens is 1. The minimum atomic E-state index is -3.68. The summed E-state index contributed by atoms with van der Waals surface area (Å²) in [4.78, 5) is 0.00667. The maximum Gasteiger partial charge on any atom is 0.244 e. The topological polar surface area (TPSA) is 90.7 Å². The zero-order chi connectivity index (χ0) is 14.5. The first-order valence-electron chi connectivity index (χ1n) is 5.62. The molecule has 0 atom stereocenters. The van der Waals surface area contributed by atoms with Crippen LogP contribution in [0.4, 0.5) is 5.69 Å². The number of nitrogens with one attached hydrogen (secondary N) is 1. The molecule has 1 aromatic carbocycles. The Bertz CT molecular complexity index is 534. The van der Waals surface area contributed by atoms with Crippen molar-refractivity contribution < 1.29 is 17.9 Å². The highest BCUT2D eigenvalue weighted by molar-refractivity contribution is 9.10. The van der Waals surface area contributed by atoms with Crippen molar-refractivity contribution in [3.05, 3.63) is 16.6 Å². The molecule has 0 unspecified atom stereocenters. The third kappa shape index (κ3) is 4.34. The van der Waals surface area contributed by atoms with Crippen LogP contribution < -0.4 is 15.2 Å². The van der Waals surface area contributed by atoms with Gasteiger partial charge in [-0.3, -0.25) is 0 Å². The van der Waals surface area contributed by atoms with Crippen LogP contribution in [0.1, 0.15) is 6.92 Å². The summed E-state index contributed by atoms with van der Waals surface area (Å²) in [6.45, 7) is 2.88. The van der Waals surface area contributed by atoms with Crippen LogP contribution in [0.3, 0.4) is 0 Å². The second kappa shape index (κ2) is 7.09. The van der Waals surface area contributed by atoms with E-state index in [0.29, 0.717) is 23.4 Å². The monoisotopic (exact) mass is 352 g/mol. The van der Waals surface area contributed by atoms with E-state index in [1.165, 1.54) is 19.2 Å². The van der Waals surface area contributed by atoms with Crippen molar-refractivity contribution in [1.29, 1.82) is 0 Å². The Hall–Kier alpha value is -0.830. The van der Waals surface area contributed by atoms with Crippen LogP contribution >= 0.6 is 15.9 Å². The predicted octanol–water partition coefficient (Wildman–Crippen LogP) is 1.35. The lowest BCUT2D eigenvalue weighted by Crippen LogP contribution is -2.28. The van der Waals surface area contributed by atoms with Crippen LogP contribution in [-0.4, -0.2) is 35.3 Å². The fourth-order valence-electron chi connectivity index (χ4n) is 1.39. The number of hydrogen-bond donors (Lipinski definition) is 2. The van der Waals surface area contributed by atoms with Crippen molar-refractivity contribution in [1.82, 2.24) is 4.72 Å². The quantitative estimate of drug-likeness (QED) is 0.571. The van der Waals surface area contributed by atoms with Gasteiger partial charge in [0, 0.05) is 23.3 Å². The summed E-state index contributed by atoms with van der Waals surface area (Å²) in [5.41, 5.74) is 6.02. The van der Waals surface area contributed by atoms with Gasteiger partial charge in [0.25, 0.3) is 0 Å². The third-order valence-electron chi connectivity index (χ3n) is 2.32. The highest BCUT2D eigenvalue weighted by Gasteiger charge is 2.20. The molecule has 1 rings (SSSR count). The zero-order valence-electron chi connectivity index (χ0n) is 10.8. The molecule has 0 aliphatic heterocycles.